The van der Waals surface area contributed by atoms with E-state index >= 15 is 0 Å². The van der Waals surface area contributed by atoms with Gasteiger partial charge in [0.05, 0.1) is 0 Å². The van der Waals surface area contributed by atoms with Crippen LogP contribution < -0.4 is 5.32 Å². The van der Waals surface area contributed by atoms with Gasteiger partial charge >= 0.3 is 0 Å². The molecule has 0 radical (unpaired) electrons. The van der Waals surface area contributed by atoms with Crippen LogP contribution in [0.5, 0.6) is 0 Å². The molecule has 2 aliphatic rings. The molecule has 3 heterocycles. The molecule has 0 atom stereocenters. The van der Waals surface area contributed by atoms with Crippen molar-refractivity contribution in [2.45, 2.75) is 20.5 Å². The summed E-state index contributed by atoms with van der Waals surface area (Å²) in [6.45, 7) is 5.84. The number of hydrogen-bond acceptors (Lipinski definition) is 3. The maximum absolute atomic E-state index is 5.76. The molecule has 1 aromatic rings. The van der Waals surface area contributed by atoms with E-state index in [-0.39, 0.29) is 0 Å². The van der Waals surface area contributed by atoms with E-state index < -0.39 is 0 Å². The smallest absolute Gasteiger partial charge is 0.127 e. The van der Waals surface area contributed by atoms with Gasteiger partial charge in [0.2, 0.25) is 0 Å². The van der Waals surface area contributed by atoms with Gasteiger partial charge in [-0.2, -0.15) is 0 Å². The van der Waals surface area contributed by atoms with Crippen LogP contribution in [-0.2, 0) is 11.3 Å². The van der Waals surface area contributed by atoms with Gasteiger partial charge in [0.25, 0.3) is 0 Å². The van der Waals surface area contributed by atoms with E-state index in [0.29, 0.717) is 0 Å². The highest BCUT2D eigenvalue weighted by molar-refractivity contribution is 7.13. The van der Waals surface area contributed by atoms with Gasteiger partial charge in [-0.1, -0.05) is 0 Å². The fraction of sp³-hybridized carbons (Fsp3) is 0.333. The molecule has 78 valence electrons. The lowest BCUT2D eigenvalue weighted by molar-refractivity contribution is 0.206. The van der Waals surface area contributed by atoms with Crippen molar-refractivity contribution in [3.63, 3.8) is 0 Å². The van der Waals surface area contributed by atoms with Crippen LogP contribution in [0, 0.1) is 6.92 Å². The fourth-order valence-corrected chi connectivity index (χ4v) is 3.12. The molecule has 0 saturated heterocycles. The van der Waals surface area contributed by atoms with Crippen molar-refractivity contribution in [2.75, 3.05) is 6.54 Å². The highest BCUT2D eigenvalue weighted by Gasteiger charge is 2.23. The maximum Gasteiger partial charge on any atom is 0.127 e. The number of allylic oxidation sites excluding steroid dienone is 2. The molecular weight excluding hydrogens is 206 g/mol. The van der Waals surface area contributed by atoms with Crippen molar-refractivity contribution in [2.24, 2.45) is 0 Å². The Morgan fingerprint density at radius 2 is 2.27 bits per heavy atom. The van der Waals surface area contributed by atoms with Crippen molar-refractivity contribution in [1.82, 2.24) is 5.32 Å². The molecule has 0 spiro atoms. The van der Waals surface area contributed by atoms with Crippen molar-refractivity contribution >= 4 is 16.9 Å². The fourth-order valence-electron chi connectivity index (χ4n) is 2.06. The Balaban J connectivity index is 2.15. The predicted octanol–water partition coefficient (Wildman–Crippen LogP) is 2.80. The van der Waals surface area contributed by atoms with Crippen molar-refractivity contribution in [3.8, 4) is 0 Å². The molecule has 1 aromatic heterocycles. The molecule has 0 aromatic carbocycles. The number of fused-ring (bicyclic) bond motifs is 2. The first-order valence-corrected chi connectivity index (χ1v) is 5.93. The average molecular weight is 219 g/mol. The number of hydrogen-bond donors (Lipinski definition) is 1. The van der Waals surface area contributed by atoms with Crippen LogP contribution in [0.25, 0.3) is 5.57 Å². The SMILES string of the molecule is CC1=CC2=C(CN1)c1sc(C)cc1CO2. The van der Waals surface area contributed by atoms with Crippen molar-refractivity contribution in [3.05, 3.63) is 38.9 Å². The summed E-state index contributed by atoms with van der Waals surface area (Å²) in [5, 5.41) is 3.36. The molecule has 1 N–H and O–H groups in total. The van der Waals surface area contributed by atoms with Gasteiger partial charge < -0.3 is 10.1 Å². The van der Waals surface area contributed by atoms with Gasteiger partial charge in [0.15, 0.2) is 0 Å². The minimum atomic E-state index is 0.724. The van der Waals surface area contributed by atoms with Crippen LogP contribution in [0.1, 0.15) is 22.2 Å². The minimum absolute atomic E-state index is 0.724. The Hall–Kier alpha value is -1.22. The van der Waals surface area contributed by atoms with E-state index in [1.165, 1.54) is 26.6 Å². The first-order valence-electron chi connectivity index (χ1n) is 5.12. The van der Waals surface area contributed by atoms with E-state index in [9.17, 15) is 0 Å². The lowest BCUT2D eigenvalue weighted by atomic mass is 10.0. The summed E-state index contributed by atoms with van der Waals surface area (Å²) < 4.78 is 5.76. The number of thiophene rings is 1. The minimum Gasteiger partial charge on any atom is -0.488 e. The van der Waals surface area contributed by atoms with Gasteiger partial charge in [0, 0.05) is 33.1 Å². The molecule has 0 amide bonds. The molecule has 15 heavy (non-hydrogen) atoms. The molecular formula is C12H13NOS. The van der Waals surface area contributed by atoms with Gasteiger partial charge in [-0.05, 0) is 26.0 Å². The number of dihydropyridines is 1. The van der Waals surface area contributed by atoms with Crippen molar-refractivity contribution in [1.29, 1.82) is 0 Å². The third-order valence-electron chi connectivity index (χ3n) is 2.78. The molecule has 0 unspecified atom stereocenters. The molecule has 0 aliphatic carbocycles. The summed E-state index contributed by atoms with van der Waals surface area (Å²) in [4.78, 5) is 2.77. The van der Waals surface area contributed by atoms with Crippen LogP contribution in [0.3, 0.4) is 0 Å². The monoisotopic (exact) mass is 219 g/mol. The molecule has 2 aliphatic heterocycles. The zero-order valence-electron chi connectivity index (χ0n) is 8.89. The van der Waals surface area contributed by atoms with Crippen LogP contribution in [0.4, 0.5) is 0 Å². The Kier molecular flexibility index (Phi) is 1.89. The van der Waals surface area contributed by atoms with E-state index in [0.717, 1.165) is 18.9 Å². The summed E-state index contributed by atoms with van der Waals surface area (Å²) in [5.74, 6) is 1.06. The van der Waals surface area contributed by atoms with Gasteiger partial charge in [-0.15, -0.1) is 11.3 Å². The van der Waals surface area contributed by atoms with Gasteiger partial charge in [-0.3, -0.25) is 0 Å². The van der Waals surface area contributed by atoms with Gasteiger partial charge in [-0.25, -0.2) is 0 Å². The molecule has 0 fully saturated rings. The standard InChI is InChI=1S/C12H13NOS/c1-7-3-11-10(5-13-7)12-9(6-14-11)4-8(2)15-12/h3-4,13H,5-6H2,1-2H3. The van der Waals surface area contributed by atoms with E-state index in [1.807, 2.05) is 11.3 Å². The Bertz CT molecular complexity index is 482. The maximum atomic E-state index is 5.76. The molecule has 3 rings (SSSR count). The molecule has 0 bridgehead atoms. The lowest BCUT2D eigenvalue weighted by Gasteiger charge is -2.24. The second kappa shape index (κ2) is 3.14. The molecule has 0 saturated carbocycles. The van der Waals surface area contributed by atoms with Crippen molar-refractivity contribution < 1.29 is 4.74 Å². The largest absolute Gasteiger partial charge is 0.488 e. The third-order valence-corrected chi connectivity index (χ3v) is 3.93. The van der Waals surface area contributed by atoms with Crippen LogP contribution in [-0.4, -0.2) is 6.54 Å². The summed E-state index contributed by atoms with van der Waals surface area (Å²) in [7, 11) is 0. The Morgan fingerprint density at radius 1 is 1.40 bits per heavy atom. The molecule has 2 nitrogen and oxygen atoms in total. The van der Waals surface area contributed by atoms with Crippen LogP contribution in [0.2, 0.25) is 0 Å². The molecule has 3 heteroatoms. The highest BCUT2D eigenvalue weighted by atomic mass is 32.1. The number of ether oxygens (including phenoxy) is 1. The number of nitrogens with one attached hydrogen (secondary N) is 1. The predicted molar refractivity (Wildman–Crippen MR) is 62.5 cm³/mol. The first kappa shape index (κ1) is 9.04. The second-order valence-electron chi connectivity index (χ2n) is 4.02. The highest BCUT2D eigenvalue weighted by Crippen LogP contribution is 2.37. The number of aryl methyl sites for hydroxylation is 1. The summed E-state index contributed by atoms with van der Waals surface area (Å²) >= 11 is 1.87. The Labute approximate surface area is 93.3 Å². The second-order valence-corrected chi connectivity index (χ2v) is 5.28. The van der Waals surface area contributed by atoms with Gasteiger partial charge in [0.1, 0.15) is 12.4 Å². The van der Waals surface area contributed by atoms with Crippen LogP contribution >= 0.6 is 11.3 Å². The normalized spacial score (nSPS) is 18.7. The zero-order valence-corrected chi connectivity index (χ0v) is 9.70. The lowest BCUT2D eigenvalue weighted by Crippen LogP contribution is -2.22. The third kappa shape index (κ3) is 1.38. The van der Waals surface area contributed by atoms with E-state index in [1.54, 1.807) is 0 Å². The number of rotatable bonds is 0. The topological polar surface area (TPSA) is 21.3 Å². The van der Waals surface area contributed by atoms with Crippen LogP contribution in [0.15, 0.2) is 23.6 Å². The summed E-state index contributed by atoms with van der Waals surface area (Å²) in [6.07, 6.45) is 2.09. The summed E-state index contributed by atoms with van der Waals surface area (Å²) in [6, 6.07) is 2.23. The Morgan fingerprint density at radius 3 is 3.13 bits per heavy atom. The van der Waals surface area contributed by atoms with E-state index in [2.05, 4.69) is 31.3 Å². The van der Waals surface area contributed by atoms with E-state index in [4.69, 9.17) is 4.74 Å². The quantitative estimate of drug-likeness (QED) is 0.724. The average Bonchev–Trinajstić information content (AvgIpc) is 2.58. The summed E-state index contributed by atoms with van der Waals surface area (Å²) in [5.41, 5.74) is 3.84. The zero-order chi connectivity index (χ0) is 10.4. The first-order chi connectivity index (χ1) is 7.24.